The number of aromatic nitrogens is 1. The molecule has 0 spiro atoms. The Balaban J connectivity index is 0.000000587. The molecule has 4 aromatic rings. The average molecular weight is 568 g/mol. The molecule has 1 aromatic heterocycles. The van der Waals surface area contributed by atoms with Crippen molar-refractivity contribution in [3.05, 3.63) is 95.7 Å². The Bertz CT molecular complexity index is 1540. The smallest absolute Gasteiger partial charge is 0.475 e. The van der Waals surface area contributed by atoms with Crippen molar-refractivity contribution in [3.8, 4) is 0 Å². The number of rotatable bonds is 7. The second-order valence-electron chi connectivity index (χ2n) is 9.02. The standard InChI is InChI=1S/C27H27N5O2.C2HF3O2/c1-17-6-8-20(9-7-17)25(32-23-10-11-24-21(15-23)12-13-29-26(24)28)27(34)30-16-19-4-3-5-22(14-19)31-18(2)33;3-2(4,5)1(6)7/h3-15,25,32H,16H2,1-2H3,(H2,28,29)(H,30,34)(H,31,33);(H,6,7). The van der Waals surface area contributed by atoms with Gasteiger partial charge < -0.3 is 26.8 Å². The maximum absolute atomic E-state index is 13.3. The first kappa shape index (κ1) is 30.4. The van der Waals surface area contributed by atoms with Crippen molar-refractivity contribution < 1.29 is 32.7 Å². The van der Waals surface area contributed by atoms with Crippen LogP contribution in [0.15, 0.2) is 79.0 Å². The van der Waals surface area contributed by atoms with Gasteiger partial charge >= 0.3 is 12.1 Å². The molecule has 6 N–H and O–H groups in total. The van der Waals surface area contributed by atoms with Gasteiger partial charge in [0.2, 0.25) is 11.8 Å². The second-order valence-corrected chi connectivity index (χ2v) is 9.02. The molecule has 214 valence electrons. The summed E-state index contributed by atoms with van der Waals surface area (Å²) < 4.78 is 31.7. The normalized spacial score (nSPS) is 11.5. The van der Waals surface area contributed by atoms with E-state index in [9.17, 15) is 22.8 Å². The molecule has 0 aliphatic rings. The highest BCUT2D eigenvalue weighted by Crippen LogP contribution is 2.26. The van der Waals surface area contributed by atoms with E-state index >= 15 is 0 Å². The molecule has 0 radical (unpaired) electrons. The van der Waals surface area contributed by atoms with E-state index in [4.69, 9.17) is 15.6 Å². The van der Waals surface area contributed by atoms with Gasteiger partial charge in [-0.1, -0.05) is 42.0 Å². The first-order chi connectivity index (χ1) is 19.3. The van der Waals surface area contributed by atoms with Crippen molar-refractivity contribution in [2.45, 2.75) is 32.6 Å². The Morgan fingerprint density at radius 3 is 2.29 bits per heavy atom. The maximum atomic E-state index is 13.3. The number of aryl methyl sites for hydroxylation is 1. The van der Waals surface area contributed by atoms with Crippen LogP contribution in [0.3, 0.4) is 0 Å². The molecule has 0 aliphatic carbocycles. The second kappa shape index (κ2) is 13.3. The number of amides is 2. The predicted octanol–water partition coefficient (Wildman–Crippen LogP) is 5.19. The lowest BCUT2D eigenvalue weighted by Gasteiger charge is -2.21. The van der Waals surface area contributed by atoms with Gasteiger partial charge in [-0.3, -0.25) is 9.59 Å². The van der Waals surface area contributed by atoms with E-state index in [1.54, 1.807) is 6.20 Å². The summed E-state index contributed by atoms with van der Waals surface area (Å²) in [5.41, 5.74) is 10.3. The highest BCUT2D eigenvalue weighted by atomic mass is 19.4. The summed E-state index contributed by atoms with van der Waals surface area (Å²) in [5, 5.41) is 18.1. The van der Waals surface area contributed by atoms with Gasteiger partial charge in [-0.15, -0.1) is 0 Å². The van der Waals surface area contributed by atoms with E-state index in [0.717, 1.165) is 33.2 Å². The van der Waals surface area contributed by atoms with Gasteiger partial charge in [-0.05, 0) is 59.8 Å². The fourth-order valence-electron chi connectivity index (χ4n) is 3.77. The predicted molar refractivity (Wildman–Crippen MR) is 150 cm³/mol. The van der Waals surface area contributed by atoms with E-state index < -0.39 is 18.2 Å². The largest absolute Gasteiger partial charge is 0.490 e. The molecular formula is C29H28F3N5O4. The number of carboxylic acids is 1. The van der Waals surface area contributed by atoms with Gasteiger partial charge in [0.05, 0.1) is 0 Å². The molecule has 0 saturated heterocycles. The Kier molecular flexibility index (Phi) is 9.86. The summed E-state index contributed by atoms with van der Waals surface area (Å²) >= 11 is 0. The summed E-state index contributed by atoms with van der Waals surface area (Å²) in [6.45, 7) is 3.80. The lowest BCUT2D eigenvalue weighted by Crippen LogP contribution is -2.33. The van der Waals surface area contributed by atoms with Gasteiger partial charge in [-0.2, -0.15) is 13.2 Å². The molecule has 12 heteroatoms. The van der Waals surface area contributed by atoms with E-state index in [1.807, 2.05) is 79.7 Å². The zero-order valence-electron chi connectivity index (χ0n) is 22.1. The lowest BCUT2D eigenvalue weighted by atomic mass is 10.0. The number of fused-ring (bicyclic) bond motifs is 1. The number of carboxylic acid groups (broad SMARTS) is 1. The monoisotopic (exact) mass is 567 g/mol. The number of hydrogen-bond acceptors (Lipinski definition) is 6. The fourth-order valence-corrected chi connectivity index (χ4v) is 3.77. The Morgan fingerprint density at radius 1 is 0.976 bits per heavy atom. The minimum atomic E-state index is -5.08. The number of nitrogens with one attached hydrogen (secondary N) is 3. The van der Waals surface area contributed by atoms with Crippen LogP contribution in [-0.4, -0.2) is 34.1 Å². The molecule has 0 fully saturated rings. The number of nitrogen functional groups attached to an aromatic ring is 1. The van der Waals surface area contributed by atoms with Crippen LogP contribution < -0.4 is 21.7 Å². The van der Waals surface area contributed by atoms with Gasteiger partial charge in [0.1, 0.15) is 11.9 Å². The van der Waals surface area contributed by atoms with Crippen LogP contribution in [0.2, 0.25) is 0 Å². The van der Waals surface area contributed by atoms with Crippen molar-refractivity contribution >= 4 is 45.7 Å². The molecule has 0 saturated carbocycles. The van der Waals surface area contributed by atoms with E-state index in [2.05, 4.69) is 20.9 Å². The third-order valence-electron chi connectivity index (χ3n) is 5.74. The number of pyridine rings is 1. The molecule has 0 aliphatic heterocycles. The van der Waals surface area contributed by atoms with E-state index in [0.29, 0.717) is 18.1 Å². The summed E-state index contributed by atoms with van der Waals surface area (Å²) in [7, 11) is 0. The average Bonchev–Trinajstić information content (AvgIpc) is 2.91. The van der Waals surface area contributed by atoms with Crippen LogP contribution in [0.4, 0.5) is 30.4 Å². The molecule has 2 amide bonds. The highest BCUT2D eigenvalue weighted by Gasteiger charge is 2.38. The van der Waals surface area contributed by atoms with Crippen molar-refractivity contribution in [1.82, 2.24) is 10.3 Å². The number of aliphatic carboxylic acids is 1. The number of nitrogens with zero attached hydrogens (tertiary/aromatic N) is 1. The third kappa shape index (κ3) is 8.95. The van der Waals surface area contributed by atoms with Gasteiger partial charge in [-0.25, -0.2) is 9.78 Å². The van der Waals surface area contributed by atoms with Crippen LogP contribution >= 0.6 is 0 Å². The van der Waals surface area contributed by atoms with E-state index in [-0.39, 0.29) is 11.8 Å². The summed E-state index contributed by atoms with van der Waals surface area (Å²) in [4.78, 5) is 37.7. The Hall–Kier alpha value is -5.13. The van der Waals surface area contributed by atoms with E-state index in [1.165, 1.54) is 6.92 Å². The van der Waals surface area contributed by atoms with Crippen molar-refractivity contribution in [2.24, 2.45) is 0 Å². The molecule has 1 atom stereocenters. The van der Waals surface area contributed by atoms with Crippen molar-refractivity contribution in [2.75, 3.05) is 16.4 Å². The zero-order valence-corrected chi connectivity index (χ0v) is 22.1. The number of carbonyl (C=O) groups is 3. The van der Waals surface area contributed by atoms with Crippen LogP contribution in [0.1, 0.15) is 29.7 Å². The molecule has 1 unspecified atom stereocenters. The van der Waals surface area contributed by atoms with Crippen LogP contribution in [0, 0.1) is 6.92 Å². The SMILES string of the molecule is CC(=O)Nc1cccc(CNC(=O)C(Nc2ccc3c(N)nccc3c2)c2ccc(C)cc2)c1.O=C(O)C(F)(F)F. The first-order valence-corrected chi connectivity index (χ1v) is 12.2. The molecule has 0 bridgehead atoms. The number of alkyl halides is 3. The van der Waals surface area contributed by atoms with Gasteiger partial charge in [0.25, 0.3) is 0 Å². The van der Waals surface area contributed by atoms with Crippen LogP contribution in [-0.2, 0) is 20.9 Å². The highest BCUT2D eigenvalue weighted by molar-refractivity contribution is 5.94. The molecular weight excluding hydrogens is 539 g/mol. The zero-order chi connectivity index (χ0) is 30.2. The number of anilines is 3. The van der Waals surface area contributed by atoms with Gasteiger partial charge in [0, 0.05) is 36.4 Å². The van der Waals surface area contributed by atoms with Crippen molar-refractivity contribution in [1.29, 1.82) is 0 Å². The third-order valence-corrected chi connectivity index (χ3v) is 5.74. The van der Waals surface area contributed by atoms with Crippen LogP contribution in [0.25, 0.3) is 10.8 Å². The van der Waals surface area contributed by atoms with Crippen LogP contribution in [0.5, 0.6) is 0 Å². The summed E-state index contributed by atoms with van der Waals surface area (Å²) in [6.07, 6.45) is -3.42. The molecule has 3 aromatic carbocycles. The number of nitrogens with two attached hydrogens (primary N) is 1. The lowest BCUT2D eigenvalue weighted by molar-refractivity contribution is -0.192. The minimum Gasteiger partial charge on any atom is -0.475 e. The summed E-state index contributed by atoms with van der Waals surface area (Å²) in [6, 6.07) is 22.3. The number of hydrogen-bond donors (Lipinski definition) is 5. The number of carbonyl (C=O) groups excluding carboxylic acids is 2. The first-order valence-electron chi connectivity index (χ1n) is 12.2. The number of benzene rings is 3. The Labute approximate surface area is 233 Å². The number of halogens is 3. The maximum Gasteiger partial charge on any atom is 0.490 e. The molecule has 41 heavy (non-hydrogen) atoms. The molecule has 9 nitrogen and oxygen atoms in total. The quantitative estimate of drug-likeness (QED) is 0.207. The fraction of sp³-hybridized carbons (Fsp3) is 0.172. The molecule has 4 rings (SSSR count). The topological polar surface area (TPSA) is 146 Å². The molecule has 1 heterocycles. The Morgan fingerprint density at radius 2 is 1.66 bits per heavy atom. The van der Waals surface area contributed by atoms with Crippen molar-refractivity contribution in [3.63, 3.8) is 0 Å². The van der Waals surface area contributed by atoms with Gasteiger partial charge in [0.15, 0.2) is 0 Å². The summed E-state index contributed by atoms with van der Waals surface area (Å²) in [5.74, 6) is -2.59. The minimum absolute atomic E-state index is 0.141.